The number of hydrogen-bond donors (Lipinski definition) is 3. The van der Waals surface area contributed by atoms with E-state index in [-0.39, 0.29) is 13.2 Å². The maximum atomic E-state index is 11.9. The van der Waals surface area contributed by atoms with Gasteiger partial charge in [0.1, 0.15) is 5.75 Å². The predicted octanol–water partition coefficient (Wildman–Crippen LogP) is -0.397. The normalized spacial score (nSPS) is 25.1. The summed E-state index contributed by atoms with van der Waals surface area (Å²) < 4.78 is 16.6. The summed E-state index contributed by atoms with van der Waals surface area (Å²) in [6.45, 7) is -0.00926. The molecule has 1 heterocycles. The molecule has 1 unspecified atom stereocenters. The van der Waals surface area contributed by atoms with Gasteiger partial charge >= 0.3 is 0 Å². The summed E-state index contributed by atoms with van der Waals surface area (Å²) >= 11 is 0. The third kappa shape index (κ3) is 3.41. The third-order valence-electron chi connectivity index (χ3n) is 3.39. The molecule has 1 saturated heterocycles. The molecule has 2 amide bonds. The summed E-state index contributed by atoms with van der Waals surface area (Å²) in [6, 6.07) is 8.05. The van der Waals surface area contributed by atoms with E-state index in [1.165, 1.54) is 0 Å². The highest BCUT2D eigenvalue weighted by Gasteiger charge is 2.49. The van der Waals surface area contributed by atoms with E-state index in [0.29, 0.717) is 12.2 Å². The van der Waals surface area contributed by atoms with Gasteiger partial charge in [0.2, 0.25) is 0 Å². The maximum Gasteiger partial charge on any atom is 0.270 e. The zero-order valence-electron chi connectivity index (χ0n) is 11.8. The van der Waals surface area contributed by atoms with Crippen LogP contribution in [0, 0.1) is 0 Å². The number of carbonyl (C=O) groups is 2. The van der Waals surface area contributed by atoms with Crippen molar-refractivity contribution in [2.75, 3.05) is 13.2 Å². The van der Waals surface area contributed by atoms with Crippen LogP contribution in [0.4, 0.5) is 0 Å². The quantitative estimate of drug-likeness (QED) is 0.384. The Labute approximate surface area is 128 Å². The van der Waals surface area contributed by atoms with E-state index in [1.807, 2.05) is 6.07 Å². The van der Waals surface area contributed by atoms with Crippen LogP contribution in [0.3, 0.4) is 0 Å². The fourth-order valence-electron chi connectivity index (χ4n) is 2.16. The monoisotopic (exact) mass is 324 g/mol. The number of piperidine rings is 1. The van der Waals surface area contributed by atoms with Gasteiger partial charge < -0.3 is 15.8 Å². The minimum Gasteiger partial charge on any atom is -0.484 e. The van der Waals surface area contributed by atoms with Crippen LogP contribution >= 0.6 is 8.46 Å². The van der Waals surface area contributed by atoms with Crippen LogP contribution in [0.1, 0.15) is 6.42 Å². The molecule has 0 radical (unpaired) electrons. The molecule has 118 valence electrons. The molecule has 8 nitrogen and oxygen atoms in total. The summed E-state index contributed by atoms with van der Waals surface area (Å²) in [6.07, 6.45) is 0.311. The standard InChI is InChI=1S/C13H17N4O4P/c14-13(22-20)10(6-7-17(15)12(13)19)16-11(18)8-21-9-4-2-1-3-5-9/h1-5,10H,6-8,14-15H2,(H,16,18)/t10?,13-/m0/s1. The maximum absolute atomic E-state index is 11.9. The molecule has 2 atom stereocenters. The molecule has 2 rings (SSSR count). The number of hydrazine groups is 1. The van der Waals surface area contributed by atoms with E-state index in [9.17, 15) is 14.2 Å². The smallest absolute Gasteiger partial charge is 0.270 e. The lowest BCUT2D eigenvalue weighted by Gasteiger charge is -2.38. The highest BCUT2D eigenvalue weighted by atomic mass is 31.1. The second kappa shape index (κ2) is 6.83. The van der Waals surface area contributed by atoms with E-state index >= 15 is 0 Å². The number of carbonyl (C=O) groups excluding carboxylic acids is 2. The molecule has 0 aromatic heterocycles. The van der Waals surface area contributed by atoms with Crippen LogP contribution in [-0.2, 0) is 14.2 Å². The van der Waals surface area contributed by atoms with E-state index in [2.05, 4.69) is 5.32 Å². The van der Waals surface area contributed by atoms with Crippen molar-refractivity contribution in [2.24, 2.45) is 11.6 Å². The lowest BCUT2D eigenvalue weighted by atomic mass is 9.99. The number of hydrogen-bond acceptors (Lipinski definition) is 6. The zero-order valence-corrected chi connectivity index (χ0v) is 12.7. The first-order chi connectivity index (χ1) is 10.5. The molecule has 0 spiro atoms. The van der Waals surface area contributed by atoms with Gasteiger partial charge in [-0.2, -0.15) is 0 Å². The van der Waals surface area contributed by atoms with Crippen molar-refractivity contribution in [1.82, 2.24) is 10.3 Å². The first kappa shape index (κ1) is 16.4. The zero-order chi connectivity index (χ0) is 16.2. The molecule has 1 aromatic rings. The van der Waals surface area contributed by atoms with Gasteiger partial charge in [0.25, 0.3) is 11.8 Å². The molecule has 1 aliphatic heterocycles. The Bertz CT molecular complexity index is 570. The molecule has 22 heavy (non-hydrogen) atoms. The minimum atomic E-state index is -1.75. The average molecular weight is 324 g/mol. The second-order valence-electron chi connectivity index (χ2n) is 4.93. The van der Waals surface area contributed by atoms with Crippen LogP contribution in [0.15, 0.2) is 30.3 Å². The van der Waals surface area contributed by atoms with Crippen molar-refractivity contribution in [3.8, 4) is 5.75 Å². The topological polar surface area (TPSA) is 128 Å². The molecule has 0 bridgehead atoms. The van der Waals surface area contributed by atoms with E-state index in [1.54, 1.807) is 24.3 Å². The molecule has 1 aliphatic rings. The van der Waals surface area contributed by atoms with E-state index in [4.69, 9.17) is 16.3 Å². The van der Waals surface area contributed by atoms with Crippen molar-refractivity contribution in [3.05, 3.63) is 30.3 Å². The highest BCUT2D eigenvalue weighted by molar-refractivity contribution is 7.27. The van der Waals surface area contributed by atoms with Crippen LogP contribution < -0.4 is 21.6 Å². The highest BCUT2D eigenvalue weighted by Crippen LogP contribution is 2.28. The Morgan fingerprint density at radius 1 is 1.45 bits per heavy atom. The van der Waals surface area contributed by atoms with Crippen LogP contribution in [0.2, 0.25) is 0 Å². The number of nitrogens with two attached hydrogens (primary N) is 2. The second-order valence-corrected chi connectivity index (χ2v) is 5.85. The van der Waals surface area contributed by atoms with Crippen molar-refractivity contribution in [1.29, 1.82) is 0 Å². The molecular formula is C13H17N4O4P. The van der Waals surface area contributed by atoms with Gasteiger partial charge in [-0.25, -0.2) is 5.84 Å². The van der Waals surface area contributed by atoms with Crippen molar-refractivity contribution in [2.45, 2.75) is 17.7 Å². The van der Waals surface area contributed by atoms with Gasteiger partial charge in [0.05, 0.1) is 6.04 Å². The third-order valence-corrected chi connectivity index (χ3v) is 4.20. The van der Waals surface area contributed by atoms with Crippen LogP contribution in [-0.4, -0.2) is 41.3 Å². The van der Waals surface area contributed by atoms with Crippen molar-refractivity contribution >= 4 is 20.3 Å². The van der Waals surface area contributed by atoms with Crippen molar-refractivity contribution in [3.63, 3.8) is 0 Å². The first-order valence-corrected chi connectivity index (χ1v) is 7.46. The number of ether oxygens (including phenoxy) is 1. The van der Waals surface area contributed by atoms with E-state index in [0.717, 1.165) is 5.01 Å². The number of nitrogens with one attached hydrogen (secondary N) is 1. The summed E-state index contributed by atoms with van der Waals surface area (Å²) in [4.78, 5) is 23.9. The number of nitrogens with zero attached hydrogens (tertiary/aromatic N) is 1. The Kier molecular flexibility index (Phi) is 5.07. The molecule has 0 saturated carbocycles. The largest absolute Gasteiger partial charge is 0.484 e. The molecule has 9 heteroatoms. The van der Waals surface area contributed by atoms with Gasteiger partial charge in [0.15, 0.2) is 20.3 Å². The number of rotatable bonds is 5. The summed E-state index contributed by atoms with van der Waals surface area (Å²) in [7, 11) is -0.596. The SMILES string of the molecule is NN1CCC(NC(=O)COc2ccccc2)[C@](N)(P=O)C1=O. The van der Waals surface area contributed by atoms with Gasteiger partial charge in [-0.1, -0.05) is 18.2 Å². The first-order valence-electron chi connectivity index (χ1n) is 6.64. The number of para-hydroxylation sites is 1. The Balaban J connectivity index is 1.95. The number of amides is 2. The van der Waals surface area contributed by atoms with Gasteiger partial charge in [0, 0.05) is 6.54 Å². The van der Waals surface area contributed by atoms with Gasteiger partial charge in [-0.15, -0.1) is 0 Å². The molecular weight excluding hydrogens is 307 g/mol. The predicted molar refractivity (Wildman–Crippen MR) is 78.9 cm³/mol. The summed E-state index contributed by atoms with van der Waals surface area (Å²) in [5.74, 6) is 4.90. The van der Waals surface area contributed by atoms with Crippen LogP contribution in [0.5, 0.6) is 5.75 Å². The Morgan fingerprint density at radius 2 is 2.14 bits per heavy atom. The Hall–Kier alpha value is -2.02. The number of benzene rings is 1. The lowest BCUT2D eigenvalue weighted by molar-refractivity contribution is -0.138. The van der Waals surface area contributed by atoms with Crippen LogP contribution in [0.25, 0.3) is 0 Å². The minimum absolute atomic E-state index is 0.220. The summed E-state index contributed by atoms with van der Waals surface area (Å²) in [5.41, 5.74) is 5.84. The van der Waals surface area contributed by atoms with Gasteiger partial charge in [-0.3, -0.25) is 19.2 Å². The fourth-order valence-corrected chi connectivity index (χ4v) is 2.68. The fraction of sp³-hybridized carbons (Fsp3) is 0.385. The van der Waals surface area contributed by atoms with E-state index < -0.39 is 31.6 Å². The summed E-state index contributed by atoms with van der Waals surface area (Å²) in [5, 5.41) is 1.74. The lowest BCUT2D eigenvalue weighted by Crippen LogP contribution is -2.69. The average Bonchev–Trinajstić information content (AvgIpc) is 2.54. The molecule has 1 aromatic carbocycles. The molecule has 5 N–H and O–H groups in total. The Morgan fingerprint density at radius 3 is 2.77 bits per heavy atom. The molecule has 0 aliphatic carbocycles. The van der Waals surface area contributed by atoms with Crippen molar-refractivity contribution < 1.29 is 18.9 Å². The van der Waals surface area contributed by atoms with Gasteiger partial charge in [-0.05, 0) is 18.6 Å². The molecule has 1 fully saturated rings.